The summed E-state index contributed by atoms with van der Waals surface area (Å²) in [5.74, 6) is 0.765. The number of para-hydroxylation sites is 1. The summed E-state index contributed by atoms with van der Waals surface area (Å²) in [6.45, 7) is 6.63. The van der Waals surface area contributed by atoms with Gasteiger partial charge in [0.1, 0.15) is 5.75 Å². The lowest BCUT2D eigenvalue weighted by Gasteiger charge is -2.09. The third kappa shape index (κ3) is 3.27. The highest BCUT2D eigenvalue weighted by molar-refractivity contribution is 5.99. The smallest absolute Gasteiger partial charge is 0.170 e. The Morgan fingerprint density at radius 2 is 1.80 bits per heavy atom. The number of carbonyl (C=O) groups is 1. The lowest BCUT2D eigenvalue weighted by atomic mass is 9.99. The zero-order valence-corrected chi connectivity index (χ0v) is 12.3. The summed E-state index contributed by atoms with van der Waals surface area (Å²) in [7, 11) is 0. The number of aryl methyl sites for hydroxylation is 2. The van der Waals surface area contributed by atoms with Crippen molar-refractivity contribution in [3.05, 3.63) is 64.7 Å². The van der Waals surface area contributed by atoms with E-state index in [1.165, 1.54) is 11.1 Å². The highest BCUT2D eigenvalue weighted by Crippen LogP contribution is 2.20. The van der Waals surface area contributed by atoms with Gasteiger partial charge in [0.05, 0.1) is 12.2 Å². The van der Waals surface area contributed by atoms with E-state index in [1.807, 2.05) is 37.3 Å². The Bertz CT molecular complexity index is 615. The fourth-order valence-corrected chi connectivity index (χ4v) is 2.17. The van der Waals surface area contributed by atoms with Crippen LogP contribution in [0.5, 0.6) is 5.75 Å². The monoisotopic (exact) mass is 268 g/mol. The molecule has 2 aromatic carbocycles. The summed E-state index contributed by atoms with van der Waals surface area (Å²) in [6, 6.07) is 13.6. The predicted octanol–water partition coefficient (Wildman–Crippen LogP) is 4.13. The molecule has 2 nitrogen and oxygen atoms in total. The second kappa shape index (κ2) is 6.38. The van der Waals surface area contributed by atoms with Gasteiger partial charge in [-0.25, -0.2) is 0 Å². The van der Waals surface area contributed by atoms with Crippen LogP contribution in [0.2, 0.25) is 0 Å². The number of rotatable bonds is 5. The number of hydrogen-bond acceptors (Lipinski definition) is 2. The minimum Gasteiger partial charge on any atom is -0.493 e. The van der Waals surface area contributed by atoms with E-state index in [1.54, 1.807) is 0 Å². The van der Waals surface area contributed by atoms with Crippen LogP contribution in [0.1, 0.15) is 34.0 Å². The number of Topliss-reactive ketones (excluding diaryl/α,β-unsaturated/α-hetero) is 1. The molecule has 104 valence electrons. The van der Waals surface area contributed by atoms with Crippen molar-refractivity contribution in [1.82, 2.24) is 0 Å². The first-order valence-electron chi connectivity index (χ1n) is 6.93. The third-order valence-electron chi connectivity index (χ3n) is 3.42. The molecule has 2 heteroatoms. The van der Waals surface area contributed by atoms with Crippen molar-refractivity contribution in [2.24, 2.45) is 0 Å². The minimum absolute atomic E-state index is 0.0947. The Balaban J connectivity index is 2.21. The van der Waals surface area contributed by atoms with Crippen molar-refractivity contribution in [2.45, 2.75) is 27.2 Å². The van der Waals surface area contributed by atoms with Crippen molar-refractivity contribution in [3.8, 4) is 5.75 Å². The van der Waals surface area contributed by atoms with Crippen LogP contribution in [0.3, 0.4) is 0 Å². The fraction of sp³-hybridized carbons (Fsp3) is 0.278. The average Bonchev–Trinajstić information content (AvgIpc) is 2.44. The number of ketones is 1. The van der Waals surface area contributed by atoms with Crippen LogP contribution >= 0.6 is 0 Å². The SMILES string of the molecule is CCOc1ccccc1C(=O)Cc1ccc(C)c(C)c1. The minimum atomic E-state index is 0.0947. The molecule has 0 spiro atoms. The van der Waals surface area contributed by atoms with Crippen LogP contribution in [0.25, 0.3) is 0 Å². The first kappa shape index (κ1) is 14.3. The van der Waals surface area contributed by atoms with E-state index in [2.05, 4.69) is 26.0 Å². The van der Waals surface area contributed by atoms with Crippen molar-refractivity contribution in [1.29, 1.82) is 0 Å². The molecule has 0 aromatic heterocycles. The number of hydrogen-bond donors (Lipinski definition) is 0. The maximum Gasteiger partial charge on any atom is 0.170 e. The van der Waals surface area contributed by atoms with Crippen LogP contribution in [0.4, 0.5) is 0 Å². The molecule has 0 saturated heterocycles. The van der Waals surface area contributed by atoms with Gasteiger partial charge in [-0.15, -0.1) is 0 Å². The molecule has 20 heavy (non-hydrogen) atoms. The van der Waals surface area contributed by atoms with Crippen molar-refractivity contribution in [3.63, 3.8) is 0 Å². The highest BCUT2D eigenvalue weighted by Gasteiger charge is 2.12. The summed E-state index contributed by atoms with van der Waals surface area (Å²) < 4.78 is 5.52. The Kier molecular flexibility index (Phi) is 4.57. The molecule has 0 aliphatic rings. The van der Waals surface area contributed by atoms with E-state index in [0.29, 0.717) is 24.3 Å². The van der Waals surface area contributed by atoms with Crippen LogP contribution in [0.15, 0.2) is 42.5 Å². The van der Waals surface area contributed by atoms with Gasteiger partial charge in [-0.05, 0) is 49.6 Å². The highest BCUT2D eigenvalue weighted by atomic mass is 16.5. The standard InChI is InChI=1S/C18H20O2/c1-4-20-18-8-6-5-7-16(18)17(19)12-15-10-9-13(2)14(3)11-15/h5-11H,4,12H2,1-3H3. The van der Waals surface area contributed by atoms with Gasteiger partial charge in [0.2, 0.25) is 0 Å². The molecular weight excluding hydrogens is 248 g/mol. The molecule has 2 aromatic rings. The van der Waals surface area contributed by atoms with E-state index in [-0.39, 0.29) is 5.78 Å². The second-order valence-corrected chi connectivity index (χ2v) is 4.95. The number of benzene rings is 2. The molecular formula is C18H20O2. The van der Waals surface area contributed by atoms with Crippen LogP contribution < -0.4 is 4.74 Å². The predicted molar refractivity (Wildman–Crippen MR) is 81.6 cm³/mol. The molecule has 0 fully saturated rings. The van der Waals surface area contributed by atoms with E-state index in [9.17, 15) is 4.79 Å². The molecule has 0 atom stereocenters. The fourth-order valence-electron chi connectivity index (χ4n) is 2.17. The molecule has 0 radical (unpaired) electrons. The first-order chi connectivity index (χ1) is 9.61. The van der Waals surface area contributed by atoms with Crippen molar-refractivity contribution in [2.75, 3.05) is 6.61 Å². The van der Waals surface area contributed by atoms with E-state index < -0.39 is 0 Å². The quantitative estimate of drug-likeness (QED) is 0.762. The third-order valence-corrected chi connectivity index (χ3v) is 3.42. The molecule has 0 saturated carbocycles. The molecule has 0 aliphatic heterocycles. The topological polar surface area (TPSA) is 26.3 Å². The lowest BCUT2D eigenvalue weighted by Crippen LogP contribution is -2.07. The molecule has 2 rings (SSSR count). The zero-order valence-electron chi connectivity index (χ0n) is 12.3. The van der Waals surface area contributed by atoms with Gasteiger partial charge in [0.25, 0.3) is 0 Å². The Hall–Kier alpha value is -2.09. The second-order valence-electron chi connectivity index (χ2n) is 4.95. The van der Waals surface area contributed by atoms with E-state index in [0.717, 1.165) is 5.56 Å². The first-order valence-corrected chi connectivity index (χ1v) is 6.93. The Morgan fingerprint density at radius 1 is 1.05 bits per heavy atom. The van der Waals surface area contributed by atoms with Gasteiger partial charge in [-0.1, -0.05) is 30.3 Å². The van der Waals surface area contributed by atoms with Crippen molar-refractivity contribution >= 4 is 5.78 Å². The lowest BCUT2D eigenvalue weighted by molar-refractivity contribution is 0.0989. The molecule has 0 aliphatic carbocycles. The number of ether oxygens (including phenoxy) is 1. The van der Waals surface area contributed by atoms with Crippen LogP contribution in [-0.4, -0.2) is 12.4 Å². The van der Waals surface area contributed by atoms with Crippen molar-refractivity contribution < 1.29 is 9.53 Å². The van der Waals surface area contributed by atoms with Gasteiger partial charge < -0.3 is 4.74 Å². The van der Waals surface area contributed by atoms with Gasteiger partial charge >= 0.3 is 0 Å². The largest absolute Gasteiger partial charge is 0.493 e. The van der Waals surface area contributed by atoms with E-state index in [4.69, 9.17) is 4.74 Å². The normalized spacial score (nSPS) is 10.3. The molecule has 0 unspecified atom stereocenters. The average molecular weight is 268 g/mol. The van der Waals surface area contributed by atoms with Gasteiger partial charge in [0, 0.05) is 6.42 Å². The summed E-state index contributed by atoms with van der Waals surface area (Å²) in [6.07, 6.45) is 0.408. The van der Waals surface area contributed by atoms with Gasteiger partial charge in [0.15, 0.2) is 5.78 Å². The Labute approximate surface area is 120 Å². The van der Waals surface area contributed by atoms with Gasteiger partial charge in [-0.3, -0.25) is 4.79 Å². The Morgan fingerprint density at radius 3 is 2.50 bits per heavy atom. The van der Waals surface area contributed by atoms with E-state index >= 15 is 0 Å². The van der Waals surface area contributed by atoms with Crippen LogP contribution in [-0.2, 0) is 6.42 Å². The molecule has 0 heterocycles. The molecule has 0 bridgehead atoms. The summed E-state index contributed by atoms with van der Waals surface area (Å²) in [5.41, 5.74) is 4.17. The van der Waals surface area contributed by atoms with Crippen LogP contribution in [0, 0.1) is 13.8 Å². The summed E-state index contributed by atoms with van der Waals surface area (Å²) in [4.78, 5) is 12.4. The maximum absolute atomic E-state index is 12.4. The summed E-state index contributed by atoms with van der Waals surface area (Å²) in [5, 5.41) is 0. The zero-order chi connectivity index (χ0) is 14.5. The molecule has 0 amide bonds. The van der Waals surface area contributed by atoms with Gasteiger partial charge in [-0.2, -0.15) is 0 Å². The summed E-state index contributed by atoms with van der Waals surface area (Å²) >= 11 is 0. The molecule has 0 N–H and O–H groups in total. The maximum atomic E-state index is 12.4. The number of carbonyl (C=O) groups excluding carboxylic acids is 1.